The van der Waals surface area contributed by atoms with E-state index in [2.05, 4.69) is 21.8 Å². The molecular weight excluding hydrogens is 405 g/mol. The van der Waals surface area contributed by atoms with E-state index in [4.69, 9.17) is 5.26 Å². The number of piperidine rings is 1. The molecule has 0 aliphatic carbocycles. The van der Waals surface area contributed by atoms with E-state index in [0.29, 0.717) is 19.5 Å². The summed E-state index contributed by atoms with van der Waals surface area (Å²) >= 11 is 0. The van der Waals surface area contributed by atoms with Crippen molar-refractivity contribution in [2.75, 3.05) is 25.0 Å². The molecule has 0 spiro atoms. The van der Waals surface area contributed by atoms with Crippen LogP contribution >= 0.6 is 0 Å². The van der Waals surface area contributed by atoms with Crippen molar-refractivity contribution in [1.29, 1.82) is 5.26 Å². The molecule has 1 unspecified atom stereocenters. The molecule has 1 aliphatic rings. The van der Waals surface area contributed by atoms with Crippen molar-refractivity contribution in [2.45, 2.75) is 24.3 Å². The topological polar surface area (TPSA) is 93.1 Å². The average molecular weight is 428 g/mol. The monoisotopic (exact) mass is 427 g/mol. The highest BCUT2D eigenvalue weighted by atomic mass is 32.2. The lowest BCUT2D eigenvalue weighted by atomic mass is 9.93. The van der Waals surface area contributed by atoms with E-state index >= 15 is 0 Å². The molecule has 3 aromatic rings. The number of hydrogen-bond donors (Lipinski definition) is 1. The highest BCUT2D eigenvalue weighted by Crippen LogP contribution is 2.32. The van der Waals surface area contributed by atoms with Gasteiger partial charge in [-0.05, 0) is 42.7 Å². The molecule has 7 nitrogen and oxygen atoms in total. The molecule has 30 heavy (non-hydrogen) atoms. The summed E-state index contributed by atoms with van der Waals surface area (Å²) in [7, 11) is -1.88. The van der Waals surface area contributed by atoms with Gasteiger partial charge in [0, 0.05) is 49.6 Å². The quantitative estimate of drug-likeness (QED) is 0.691. The van der Waals surface area contributed by atoms with Crippen molar-refractivity contribution < 1.29 is 12.8 Å². The van der Waals surface area contributed by atoms with Gasteiger partial charge < -0.3 is 9.88 Å². The van der Waals surface area contributed by atoms with Gasteiger partial charge in [0.15, 0.2) is 0 Å². The number of fused-ring (bicyclic) bond motifs is 1. The highest BCUT2D eigenvalue weighted by Gasteiger charge is 2.36. The second-order valence-corrected chi connectivity index (χ2v) is 9.57. The number of benzene rings is 1. The molecule has 0 bridgehead atoms. The Bertz CT molecular complexity index is 1230. The van der Waals surface area contributed by atoms with E-state index in [0.717, 1.165) is 28.9 Å². The minimum Gasteiger partial charge on any atom is -0.369 e. The number of H-pyrrole nitrogens is 1. The van der Waals surface area contributed by atoms with E-state index in [1.54, 1.807) is 12.3 Å². The average Bonchev–Trinajstić information content (AvgIpc) is 3.22. The van der Waals surface area contributed by atoms with Gasteiger partial charge in [-0.25, -0.2) is 17.8 Å². The van der Waals surface area contributed by atoms with Gasteiger partial charge in [0.2, 0.25) is 10.0 Å². The molecule has 1 aromatic carbocycles. The minimum atomic E-state index is -3.84. The first-order valence-electron chi connectivity index (χ1n) is 9.67. The van der Waals surface area contributed by atoms with Crippen LogP contribution in [0.2, 0.25) is 0 Å². The fourth-order valence-corrected chi connectivity index (χ4v) is 5.57. The zero-order chi connectivity index (χ0) is 21.5. The number of hydrogen-bond acceptors (Lipinski definition) is 5. The molecule has 2 aromatic heterocycles. The number of nitriles is 1. The summed E-state index contributed by atoms with van der Waals surface area (Å²) in [6.07, 6.45) is 4.26. The summed E-state index contributed by atoms with van der Waals surface area (Å²) in [6.45, 7) is 2.79. The molecule has 1 fully saturated rings. The fourth-order valence-electron chi connectivity index (χ4n) is 4.07. The number of aromatic amines is 1. The van der Waals surface area contributed by atoms with Crippen LogP contribution < -0.4 is 4.90 Å². The number of likely N-dealkylation sites (N-methyl/N-ethyl adjacent to an activating group) is 1. The highest BCUT2D eigenvalue weighted by molar-refractivity contribution is 7.89. The number of pyridine rings is 1. The van der Waals surface area contributed by atoms with Crippen LogP contribution in [-0.2, 0) is 10.0 Å². The third-order valence-corrected chi connectivity index (χ3v) is 7.75. The van der Waals surface area contributed by atoms with Crippen molar-refractivity contribution in [2.24, 2.45) is 5.92 Å². The van der Waals surface area contributed by atoms with Gasteiger partial charge in [-0.2, -0.15) is 9.57 Å². The standard InChI is InChI=1S/C21H22FN5O2S/c1-14-7-10-27(30(28,29)16-3-4-18(22)15(11-16)12-23)13-20(14)26(2)19-6-9-25-21-17(19)5-8-24-21/h3-6,8-9,11,14,20H,7,10,13H2,1-2H3,(H,24,25)/t14-,20?/m1/s1. The first-order chi connectivity index (χ1) is 14.3. The van der Waals surface area contributed by atoms with Gasteiger partial charge in [-0.15, -0.1) is 0 Å². The molecule has 9 heteroatoms. The summed E-state index contributed by atoms with van der Waals surface area (Å²) in [4.78, 5) is 9.46. The fraction of sp³-hybridized carbons (Fsp3) is 0.333. The smallest absolute Gasteiger partial charge is 0.243 e. The van der Waals surface area contributed by atoms with Gasteiger partial charge in [-0.1, -0.05) is 6.92 Å². The van der Waals surface area contributed by atoms with Crippen LogP contribution in [0.1, 0.15) is 18.9 Å². The Labute approximate surface area is 174 Å². The lowest BCUT2D eigenvalue weighted by Gasteiger charge is -2.42. The van der Waals surface area contributed by atoms with Crippen molar-refractivity contribution in [1.82, 2.24) is 14.3 Å². The molecule has 0 amide bonds. The van der Waals surface area contributed by atoms with Gasteiger partial charge in [0.25, 0.3) is 0 Å². The van der Waals surface area contributed by atoms with Crippen molar-refractivity contribution in [3.05, 3.63) is 54.1 Å². The molecule has 4 rings (SSSR count). The van der Waals surface area contributed by atoms with E-state index in [9.17, 15) is 12.8 Å². The Morgan fingerprint density at radius 3 is 2.90 bits per heavy atom. The molecule has 0 saturated carbocycles. The first-order valence-corrected chi connectivity index (χ1v) is 11.1. The van der Waals surface area contributed by atoms with E-state index in [-0.39, 0.29) is 22.4 Å². The van der Waals surface area contributed by atoms with Crippen molar-refractivity contribution in [3.63, 3.8) is 0 Å². The maximum Gasteiger partial charge on any atom is 0.243 e. The van der Waals surface area contributed by atoms with Crippen LogP contribution in [0.25, 0.3) is 11.0 Å². The normalized spacial score (nSPS) is 20.2. The summed E-state index contributed by atoms with van der Waals surface area (Å²) in [6, 6.07) is 8.89. The number of halogens is 1. The molecule has 2 atom stereocenters. The molecule has 0 radical (unpaired) electrons. The minimum absolute atomic E-state index is 0.0510. The largest absolute Gasteiger partial charge is 0.369 e. The van der Waals surface area contributed by atoms with Gasteiger partial charge in [0.1, 0.15) is 17.5 Å². The zero-order valence-corrected chi connectivity index (χ0v) is 17.5. The van der Waals surface area contributed by atoms with E-state index in [1.165, 1.54) is 10.4 Å². The summed E-state index contributed by atoms with van der Waals surface area (Å²) < 4.78 is 41.5. The Balaban J connectivity index is 1.65. The number of sulfonamides is 1. The van der Waals surface area contributed by atoms with Crippen LogP contribution in [0.5, 0.6) is 0 Å². The Hall–Kier alpha value is -2.96. The zero-order valence-electron chi connectivity index (χ0n) is 16.7. The van der Waals surface area contributed by atoms with Crippen LogP contribution in [0, 0.1) is 23.1 Å². The van der Waals surface area contributed by atoms with Gasteiger partial charge in [0.05, 0.1) is 10.5 Å². The summed E-state index contributed by atoms with van der Waals surface area (Å²) in [5.41, 5.74) is 1.48. The van der Waals surface area contributed by atoms with Crippen molar-refractivity contribution in [3.8, 4) is 6.07 Å². The summed E-state index contributed by atoms with van der Waals surface area (Å²) in [5.74, 6) is -0.457. The molecule has 1 aliphatic heterocycles. The van der Waals surface area contributed by atoms with E-state index in [1.807, 2.05) is 25.4 Å². The Morgan fingerprint density at radius 1 is 1.33 bits per heavy atom. The SMILES string of the molecule is C[C@@H]1CCN(S(=O)(=O)c2ccc(F)c(C#N)c2)CC1N(C)c1ccnc2[nH]ccc12. The molecule has 156 valence electrons. The summed E-state index contributed by atoms with van der Waals surface area (Å²) in [5, 5.41) is 10.0. The lowest BCUT2D eigenvalue weighted by molar-refractivity contribution is 0.248. The predicted octanol–water partition coefficient (Wildman–Crippen LogP) is 3.11. The maximum absolute atomic E-state index is 13.7. The van der Waals surface area contributed by atoms with Crippen molar-refractivity contribution >= 4 is 26.7 Å². The molecule has 1 saturated heterocycles. The number of rotatable bonds is 4. The van der Waals surface area contributed by atoms with Crippen LogP contribution in [0.4, 0.5) is 10.1 Å². The third-order valence-electron chi connectivity index (χ3n) is 5.89. The maximum atomic E-state index is 13.7. The third kappa shape index (κ3) is 3.42. The molecular formula is C21H22FN5O2S. The number of nitrogens with zero attached hydrogens (tertiary/aromatic N) is 4. The molecule has 1 N–H and O–H groups in total. The number of anilines is 1. The van der Waals surface area contributed by atoms with Crippen LogP contribution in [-0.4, -0.2) is 48.9 Å². The second kappa shape index (κ2) is 7.70. The predicted molar refractivity (Wildman–Crippen MR) is 112 cm³/mol. The second-order valence-electron chi connectivity index (χ2n) is 7.63. The number of nitrogens with one attached hydrogen (secondary N) is 1. The lowest BCUT2D eigenvalue weighted by Crippen LogP contribution is -2.52. The first kappa shape index (κ1) is 20.3. The van der Waals surface area contributed by atoms with Gasteiger partial charge >= 0.3 is 0 Å². The van der Waals surface area contributed by atoms with E-state index < -0.39 is 15.8 Å². The Kier molecular flexibility index (Phi) is 5.22. The van der Waals surface area contributed by atoms with Crippen LogP contribution in [0.15, 0.2) is 47.6 Å². The Morgan fingerprint density at radius 2 is 2.13 bits per heavy atom. The molecule has 3 heterocycles. The number of aromatic nitrogens is 2. The van der Waals surface area contributed by atoms with Crippen LogP contribution in [0.3, 0.4) is 0 Å². The van der Waals surface area contributed by atoms with Gasteiger partial charge in [-0.3, -0.25) is 0 Å².